The third-order valence-electron chi connectivity index (χ3n) is 1.99. The summed E-state index contributed by atoms with van der Waals surface area (Å²) in [4.78, 5) is 8.43. The standard InChI is InChI=1S/C10H6N2O.2C2H6/c1-3-7-9(11-5-1)10-8(13-7)4-2-6-12-10;2*1-2/h1-6H;2*1-2H3. The van der Waals surface area contributed by atoms with E-state index in [9.17, 15) is 0 Å². The van der Waals surface area contributed by atoms with Crippen LogP contribution in [0, 0.1) is 0 Å². The van der Waals surface area contributed by atoms with Crippen LogP contribution in [0.5, 0.6) is 0 Å². The molecule has 0 bridgehead atoms. The molecule has 0 N–H and O–H groups in total. The Labute approximate surface area is 101 Å². The zero-order valence-corrected chi connectivity index (χ0v) is 10.8. The largest absolute Gasteiger partial charge is 0.453 e. The van der Waals surface area contributed by atoms with Gasteiger partial charge in [-0.25, -0.2) is 0 Å². The van der Waals surface area contributed by atoms with Crippen molar-refractivity contribution in [1.29, 1.82) is 0 Å². The van der Waals surface area contributed by atoms with Crippen molar-refractivity contribution in [3.05, 3.63) is 36.7 Å². The maximum absolute atomic E-state index is 5.53. The first-order chi connectivity index (χ1) is 8.45. The van der Waals surface area contributed by atoms with Crippen molar-refractivity contribution >= 4 is 22.2 Å². The molecular formula is C14H18N2O. The van der Waals surface area contributed by atoms with Crippen LogP contribution in [0.1, 0.15) is 27.7 Å². The molecule has 90 valence electrons. The molecule has 0 amide bonds. The monoisotopic (exact) mass is 230 g/mol. The second-order valence-corrected chi connectivity index (χ2v) is 2.80. The van der Waals surface area contributed by atoms with E-state index >= 15 is 0 Å². The van der Waals surface area contributed by atoms with E-state index in [2.05, 4.69) is 9.97 Å². The van der Waals surface area contributed by atoms with E-state index in [1.807, 2.05) is 52.0 Å². The van der Waals surface area contributed by atoms with E-state index in [0.717, 1.165) is 22.2 Å². The lowest BCUT2D eigenvalue weighted by atomic mass is 10.3. The molecule has 3 aromatic rings. The topological polar surface area (TPSA) is 38.9 Å². The van der Waals surface area contributed by atoms with Gasteiger partial charge in [-0.3, -0.25) is 9.97 Å². The van der Waals surface area contributed by atoms with E-state index in [1.54, 1.807) is 12.4 Å². The van der Waals surface area contributed by atoms with E-state index in [0.29, 0.717) is 0 Å². The number of furan rings is 1. The van der Waals surface area contributed by atoms with Gasteiger partial charge in [-0.05, 0) is 24.3 Å². The summed E-state index contributed by atoms with van der Waals surface area (Å²) < 4.78 is 5.53. The van der Waals surface area contributed by atoms with Crippen LogP contribution in [0.25, 0.3) is 22.2 Å². The molecule has 0 fully saturated rings. The lowest BCUT2D eigenvalue weighted by Crippen LogP contribution is -1.74. The van der Waals surface area contributed by atoms with Gasteiger partial charge < -0.3 is 4.42 Å². The molecule has 0 unspecified atom stereocenters. The number of rotatable bonds is 0. The van der Waals surface area contributed by atoms with E-state index in [4.69, 9.17) is 4.42 Å². The van der Waals surface area contributed by atoms with Crippen LogP contribution in [0.4, 0.5) is 0 Å². The second-order valence-electron chi connectivity index (χ2n) is 2.80. The molecule has 3 heterocycles. The Hall–Kier alpha value is -1.90. The van der Waals surface area contributed by atoms with Crippen LogP contribution in [0.2, 0.25) is 0 Å². The van der Waals surface area contributed by atoms with Gasteiger partial charge in [0.05, 0.1) is 0 Å². The lowest BCUT2D eigenvalue weighted by Gasteiger charge is -1.83. The first-order valence-corrected chi connectivity index (χ1v) is 6.03. The van der Waals surface area contributed by atoms with E-state index < -0.39 is 0 Å². The summed E-state index contributed by atoms with van der Waals surface area (Å²) >= 11 is 0. The fraction of sp³-hybridized carbons (Fsp3) is 0.286. The maximum Gasteiger partial charge on any atom is 0.155 e. The van der Waals surface area contributed by atoms with E-state index in [-0.39, 0.29) is 0 Å². The minimum atomic E-state index is 0.788. The van der Waals surface area contributed by atoms with Gasteiger partial charge in [0.2, 0.25) is 0 Å². The van der Waals surface area contributed by atoms with Crippen LogP contribution in [0.15, 0.2) is 41.1 Å². The minimum absolute atomic E-state index is 0.788. The number of hydrogen-bond acceptors (Lipinski definition) is 3. The molecule has 0 aromatic carbocycles. The van der Waals surface area contributed by atoms with Crippen LogP contribution in [0.3, 0.4) is 0 Å². The SMILES string of the molecule is CC.CC.c1cnc2c(c1)oc1cccnc12. The first-order valence-electron chi connectivity index (χ1n) is 6.03. The number of hydrogen-bond donors (Lipinski definition) is 0. The summed E-state index contributed by atoms with van der Waals surface area (Å²) in [6.07, 6.45) is 3.48. The molecule has 17 heavy (non-hydrogen) atoms. The van der Waals surface area contributed by atoms with Gasteiger partial charge in [0, 0.05) is 12.4 Å². The molecule has 0 atom stereocenters. The molecule has 3 rings (SSSR count). The first kappa shape index (κ1) is 13.2. The van der Waals surface area contributed by atoms with Crippen molar-refractivity contribution in [2.45, 2.75) is 27.7 Å². The third kappa shape index (κ3) is 2.61. The predicted molar refractivity (Wildman–Crippen MR) is 72.0 cm³/mol. The number of pyridine rings is 2. The van der Waals surface area contributed by atoms with Gasteiger partial charge in [0.25, 0.3) is 0 Å². The highest BCUT2D eigenvalue weighted by molar-refractivity contribution is 5.99. The zero-order valence-electron chi connectivity index (χ0n) is 10.8. The summed E-state index contributed by atoms with van der Waals surface area (Å²) in [6.45, 7) is 8.00. The molecule has 0 spiro atoms. The van der Waals surface area contributed by atoms with Gasteiger partial charge >= 0.3 is 0 Å². The van der Waals surface area contributed by atoms with Gasteiger partial charge in [-0.1, -0.05) is 27.7 Å². The smallest absolute Gasteiger partial charge is 0.155 e. The van der Waals surface area contributed by atoms with E-state index in [1.165, 1.54) is 0 Å². The number of aromatic nitrogens is 2. The quantitative estimate of drug-likeness (QED) is 0.573. The van der Waals surface area contributed by atoms with Crippen molar-refractivity contribution in [1.82, 2.24) is 9.97 Å². The molecule has 3 aromatic heterocycles. The predicted octanol–water partition coefficient (Wildman–Crippen LogP) is 4.43. The summed E-state index contributed by atoms with van der Waals surface area (Å²) in [5.74, 6) is 0. The summed E-state index contributed by atoms with van der Waals surface area (Å²) in [7, 11) is 0. The minimum Gasteiger partial charge on any atom is -0.453 e. The Balaban J connectivity index is 0.000000330. The molecule has 3 nitrogen and oxygen atoms in total. The Bertz CT molecular complexity index is 522. The van der Waals surface area contributed by atoms with Gasteiger partial charge in [0.15, 0.2) is 11.2 Å². The van der Waals surface area contributed by atoms with Crippen LogP contribution >= 0.6 is 0 Å². The average molecular weight is 230 g/mol. The van der Waals surface area contributed by atoms with Crippen molar-refractivity contribution in [2.24, 2.45) is 0 Å². The molecule has 0 saturated carbocycles. The highest BCUT2D eigenvalue weighted by Crippen LogP contribution is 2.23. The Kier molecular flexibility index (Phi) is 5.14. The Morgan fingerprint density at radius 3 is 1.59 bits per heavy atom. The normalized spacial score (nSPS) is 9.18. The van der Waals surface area contributed by atoms with Gasteiger partial charge in [-0.2, -0.15) is 0 Å². The van der Waals surface area contributed by atoms with Crippen molar-refractivity contribution in [3.8, 4) is 0 Å². The van der Waals surface area contributed by atoms with Gasteiger partial charge in [0.1, 0.15) is 11.0 Å². The lowest BCUT2D eigenvalue weighted by molar-refractivity contribution is 0.667. The number of fused-ring (bicyclic) bond motifs is 3. The molecule has 0 saturated heterocycles. The third-order valence-corrected chi connectivity index (χ3v) is 1.99. The average Bonchev–Trinajstić information content (AvgIpc) is 2.82. The van der Waals surface area contributed by atoms with Crippen LogP contribution in [-0.2, 0) is 0 Å². The zero-order chi connectivity index (χ0) is 12.7. The molecule has 0 aliphatic heterocycles. The second kappa shape index (κ2) is 6.63. The molecule has 0 aliphatic carbocycles. The van der Waals surface area contributed by atoms with Crippen molar-refractivity contribution in [2.75, 3.05) is 0 Å². The van der Waals surface area contributed by atoms with Crippen molar-refractivity contribution < 1.29 is 4.42 Å². The fourth-order valence-corrected chi connectivity index (χ4v) is 1.42. The summed E-state index contributed by atoms with van der Waals surface area (Å²) in [5.41, 5.74) is 3.24. The van der Waals surface area contributed by atoms with Crippen molar-refractivity contribution in [3.63, 3.8) is 0 Å². The molecular weight excluding hydrogens is 212 g/mol. The fourth-order valence-electron chi connectivity index (χ4n) is 1.42. The highest BCUT2D eigenvalue weighted by atomic mass is 16.3. The van der Waals surface area contributed by atoms with Gasteiger partial charge in [-0.15, -0.1) is 0 Å². The highest BCUT2D eigenvalue weighted by Gasteiger charge is 2.06. The Morgan fingerprint density at radius 2 is 1.18 bits per heavy atom. The Morgan fingerprint density at radius 1 is 0.765 bits per heavy atom. The molecule has 0 radical (unpaired) electrons. The summed E-state index contributed by atoms with van der Waals surface area (Å²) in [5, 5.41) is 0. The molecule has 3 heteroatoms. The molecule has 0 aliphatic rings. The maximum atomic E-state index is 5.53. The van der Waals surface area contributed by atoms with Crippen LogP contribution in [-0.4, -0.2) is 9.97 Å². The summed E-state index contributed by atoms with van der Waals surface area (Å²) in [6, 6.07) is 7.49. The van der Waals surface area contributed by atoms with Crippen LogP contribution < -0.4 is 0 Å². The number of nitrogens with zero attached hydrogens (tertiary/aromatic N) is 2.